The first kappa shape index (κ1) is 25.1. The maximum Gasteiger partial charge on any atom is 0.216 e. The summed E-state index contributed by atoms with van der Waals surface area (Å²) in [5, 5.41) is 12.8. The summed E-state index contributed by atoms with van der Waals surface area (Å²) in [5.74, 6) is 1.05. The molecular formula is C29H34N2O3. The minimum absolute atomic E-state index is 0.0196. The number of nitrogens with zero attached hydrogens (tertiary/aromatic N) is 1. The first-order chi connectivity index (χ1) is 16.4. The summed E-state index contributed by atoms with van der Waals surface area (Å²) in [5.41, 5.74) is 5.54. The van der Waals surface area contributed by atoms with E-state index in [1.165, 1.54) is 12.5 Å². The van der Waals surface area contributed by atoms with Crippen molar-refractivity contribution in [3.8, 4) is 11.5 Å². The standard InChI is InChI=1S/C29H34N2O3/c1-22(32)30-19-7-10-28(23-8-5-4-6-9-23)29(24-11-15-26(33)16-12-24)25-13-17-27(18-14-25)34-21-20-31(2)3/h4-6,8-9,11-18,33H,7,10,19-21H2,1-3H3,(H,30,32)/b29-28-. The van der Waals surface area contributed by atoms with Crippen molar-refractivity contribution in [1.82, 2.24) is 10.2 Å². The zero-order valence-corrected chi connectivity index (χ0v) is 20.3. The number of carbonyl (C=O) groups is 1. The van der Waals surface area contributed by atoms with E-state index in [9.17, 15) is 9.90 Å². The second-order valence-corrected chi connectivity index (χ2v) is 8.53. The molecule has 0 atom stereocenters. The van der Waals surface area contributed by atoms with Crippen molar-refractivity contribution in [2.45, 2.75) is 19.8 Å². The van der Waals surface area contributed by atoms with Crippen molar-refractivity contribution in [3.05, 3.63) is 95.6 Å². The molecule has 0 saturated carbocycles. The summed E-state index contributed by atoms with van der Waals surface area (Å²) < 4.78 is 5.89. The zero-order chi connectivity index (χ0) is 24.3. The number of likely N-dealkylation sites (N-methyl/N-ethyl adjacent to an activating group) is 1. The summed E-state index contributed by atoms with van der Waals surface area (Å²) in [6, 6.07) is 25.8. The summed E-state index contributed by atoms with van der Waals surface area (Å²) >= 11 is 0. The topological polar surface area (TPSA) is 61.8 Å². The highest BCUT2D eigenvalue weighted by molar-refractivity contribution is 5.98. The number of ether oxygens (including phenoxy) is 1. The van der Waals surface area contributed by atoms with Crippen LogP contribution in [0.3, 0.4) is 0 Å². The van der Waals surface area contributed by atoms with Crippen molar-refractivity contribution in [1.29, 1.82) is 0 Å². The number of phenolic OH excluding ortho intramolecular Hbond substituents is 1. The number of benzene rings is 3. The Morgan fingerprint density at radius 1 is 0.882 bits per heavy atom. The van der Waals surface area contributed by atoms with Crippen LogP contribution in [0.25, 0.3) is 11.1 Å². The van der Waals surface area contributed by atoms with Gasteiger partial charge in [0.2, 0.25) is 5.91 Å². The number of phenols is 1. The number of carbonyl (C=O) groups excluding carboxylic acids is 1. The van der Waals surface area contributed by atoms with Crippen LogP contribution in [0.15, 0.2) is 78.9 Å². The third-order valence-electron chi connectivity index (χ3n) is 5.51. The number of hydrogen-bond acceptors (Lipinski definition) is 4. The van der Waals surface area contributed by atoms with Gasteiger partial charge in [-0.3, -0.25) is 4.79 Å². The highest BCUT2D eigenvalue weighted by Gasteiger charge is 2.15. The van der Waals surface area contributed by atoms with E-state index in [0.717, 1.165) is 47.4 Å². The molecular weight excluding hydrogens is 424 g/mol. The van der Waals surface area contributed by atoms with E-state index in [1.807, 2.05) is 56.6 Å². The lowest BCUT2D eigenvalue weighted by molar-refractivity contribution is -0.118. The molecule has 3 rings (SSSR count). The van der Waals surface area contributed by atoms with Gasteiger partial charge in [0.15, 0.2) is 0 Å². The van der Waals surface area contributed by atoms with Gasteiger partial charge in [-0.2, -0.15) is 0 Å². The van der Waals surface area contributed by atoms with Crippen LogP contribution in [0.5, 0.6) is 11.5 Å². The Hall–Kier alpha value is -3.57. The minimum atomic E-state index is -0.0196. The first-order valence-corrected chi connectivity index (χ1v) is 11.6. The van der Waals surface area contributed by atoms with Crippen molar-refractivity contribution < 1.29 is 14.6 Å². The monoisotopic (exact) mass is 458 g/mol. The van der Waals surface area contributed by atoms with Crippen LogP contribution in [0.1, 0.15) is 36.5 Å². The van der Waals surface area contributed by atoms with Crippen LogP contribution in [-0.2, 0) is 4.79 Å². The van der Waals surface area contributed by atoms with Crippen LogP contribution in [0, 0.1) is 0 Å². The Morgan fingerprint density at radius 2 is 1.50 bits per heavy atom. The van der Waals surface area contributed by atoms with Crippen LogP contribution >= 0.6 is 0 Å². The van der Waals surface area contributed by atoms with E-state index < -0.39 is 0 Å². The lowest BCUT2D eigenvalue weighted by atomic mass is 9.87. The highest BCUT2D eigenvalue weighted by atomic mass is 16.5. The average molecular weight is 459 g/mol. The molecule has 0 bridgehead atoms. The fourth-order valence-electron chi connectivity index (χ4n) is 3.79. The van der Waals surface area contributed by atoms with Crippen LogP contribution < -0.4 is 10.1 Å². The molecule has 34 heavy (non-hydrogen) atoms. The van der Waals surface area contributed by atoms with Gasteiger partial charge >= 0.3 is 0 Å². The van der Waals surface area contributed by atoms with Crippen molar-refractivity contribution in [2.24, 2.45) is 0 Å². The van der Waals surface area contributed by atoms with Gasteiger partial charge in [0.25, 0.3) is 0 Å². The van der Waals surface area contributed by atoms with Gasteiger partial charge in [0.1, 0.15) is 18.1 Å². The summed E-state index contributed by atoms with van der Waals surface area (Å²) in [6.07, 6.45) is 1.61. The van der Waals surface area contributed by atoms with Crippen molar-refractivity contribution in [2.75, 3.05) is 33.8 Å². The molecule has 0 saturated heterocycles. The van der Waals surface area contributed by atoms with E-state index in [1.54, 1.807) is 12.1 Å². The van der Waals surface area contributed by atoms with Crippen molar-refractivity contribution in [3.63, 3.8) is 0 Å². The third-order valence-corrected chi connectivity index (χ3v) is 5.51. The third kappa shape index (κ3) is 7.49. The quantitative estimate of drug-likeness (QED) is 0.306. The fourth-order valence-corrected chi connectivity index (χ4v) is 3.79. The molecule has 3 aromatic carbocycles. The minimum Gasteiger partial charge on any atom is -0.508 e. The van der Waals surface area contributed by atoms with Crippen LogP contribution in [0.4, 0.5) is 0 Å². The molecule has 1 amide bonds. The molecule has 0 fully saturated rings. The molecule has 2 N–H and O–H groups in total. The predicted octanol–water partition coefficient (Wildman–Crippen LogP) is 5.21. The second kappa shape index (κ2) is 12.6. The number of aromatic hydroxyl groups is 1. The zero-order valence-electron chi connectivity index (χ0n) is 20.3. The van der Waals surface area contributed by atoms with Gasteiger partial charge in [-0.25, -0.2) is 0 Å². The van der Waals surface area contributed by atoms with E-state index in [4.69, 9.17) is 4.74 Å². The number of nitrogens with one attached hydrogen (secondary N) is 1. The molecule has 5 nitrogen and oxygen atoms in total. The molecule has 0 heterocycles. The number of allylic oxidation sites excluding steroid dienone is 1. The molecule has 178 valence electrons. The molecule has 0 aromatic heterocycles. The SMILES string of the molecule is CC(=O)NCCC/C(=C(\c1ccc(O)cc1)c1ccc(OCCN(C)C)cc1)c1ccccc1. The van der Waals surface area contributed by atoms with Gasteiger partial charge < -0.3 is 20.1 Å². The molecule has 0 unspecified atom stereocenters. The Labute approximate surface area is 202 Å². The Bertz CT molecular complexity index is 1070. The van der Waals surface area contributed by atoms with E-state index in [0.29, 0.717) is 13.2 Å². The molecule has 0 aliphatic carbocycles. The number of amides is 1. The normalized spacial score (nSPS) is 11.8. The van der Waals surface area contributed by atoms with Gasteiger partial charge in [0, 0.05) is 20.0 Å². The molecule has 5 heteroatoms. The summed E-state index contributed by atoms with van der Waals surface area (Å²) in [7, 11) is 4.05. The Balaban J connectivity index is 2.02. The number of rotatable bonds is 11. The molecule has 0 radical (unpaired) electrons. The van der Waals surface area contributed by atoms with Gasteiger partial charge in [-0.1, -0.05) is 54.6 Å². The fraction of sp³-hybridized carbons (Fsp3) is 0.276. The smallest absolute Gasteiger partial charge is 0.216 e. The molecule has 0 spiro atoms. The van der Waals surface area contributed by atoms with E-state index in [2.05, 4.69) is 34.5 Å². The largest absolute Gasteiger partial charge is 0.508 e. The Kier molecular flexibility index (Phi) is 9.30. The molecule has 3 aromatic rings. The predicted molar refractivity (Wildman–Crippen MR) is 139 cm³/mol. The van der Waals surface area contributed by atoms with Crippen molar-refractivity contribution >= 4 is 17.1 Å². The van der Waals surface area contributed by atoms with Gasteiger partial charge in [-0.05, 0) is 79.0 Å². The van der Waals surface area contributed by atoms with E-state index >= 15 is 0 Å². The summed E-state index contributed by atoms with van der Waals surface area (Å²) in [6.45, 7) is 3.64. The second-order valence-electron chi connectivity index (χ2n) is 8.53. The summed E-state index contributed by atoms with van der Waals surface area (Å²) in [4.78, 5) is 13.4. The first-order valence-electron chi connectivity index (χ1n) is 11.6. The Morgan fingerprint density at radius 3 is 2.09 bits per heavy atom. The average Bonchev–Trinajstić information content (AvgIpc) is 2.83. The van der Waals surface area contributed by atoms with E-state index in [-0.39, 0.29) is 11.7 Å². The maximum absolute atomic E-state index is 11.4. The lowest BCUT2D eigenvalue weighted by Gasteiger charge is -2.18. The number of hydrogen-bond donors (Lipinski definition) is 2. The van der Waals surface area contributed by atoms with Crippen LogP contribution in [-0.4, -0.2) is 49.7 Å². The lowest BCUT2D eigenvalue weighted by Crippen LogP contribution is -2.20. The highest BCUT2D eigenvalue weighted by Crippen LogP contribution is 2.36. The molecule has 0 aliphatic rings. The van der Waals surface area contributed by atoms with Gasteiger partial charge in [0.05, 0.1) is 0 Å². The van der Waals surface area contributed by atoms with Crippen LogP contribution in [0.2, 0.25) is 0 Å². The molecule has 0 aliphatic heterocycles. The van der Waals surface area contributed by atoms with Gasteiger partial charge in [-0.15, -0.1) is 0 Å². The maximum atomic E-state index is 11.4.